The largest absolute Gasteiger partial charge is 0.516 e. The molecule has 0 atom stereocenters. The third kappa shape index (κ3) is 13.4. The number of aryl methyl sites for hydroxylation is 1. The molecule has 0 fully saturated rings. The number of aliphatic hydroxyl groups excluding tert-OH is 1. The fourth-order valence-electron chi connectivity index (χ4n) is 2.00. The third-order valence-electron chi connectivity index (χ3n) is 3.20. The van der Waals surface area contributed by atoms with E-state index in [9.17, 15) is 9.90 Å². The van der Waals surface area contributed by atoms with E-state index < -0.39 is 0 Å². The highest BCUT2D eigenvalue weighted by atomic mass is 16.3. The summed E-state index contributed by atoms with van der Waals surface area (Å²) < 4.78 is 5.40. The molecule has 0 aliphatic carbocycles. The van der Waals surface area contributed by atoms with Crippen LogP contribution in [0.3, 0.4) is 0 Å². The number of para-hydroxylation sites is 1. The van der Waals surface area contributed by atoms with Crippen molar-refractivity contribution in [2.45, 2.75) is 34.2 Å². The smallest absolute Gasteiger partial charge is 0.254 e. The van der Waals surface area contributed by atoms with E-state index in [1.54, 1.807) is 12.1 Å². The van der Waals surface area contributed by atoms with Crippen LogP contribution in [0.25, 0.3) is 0 Å². The van der Waals surface area contributed by atoms with Gasteiger partial charge in [0, 0.05) is 7.05 Å². The fourth-order valence-corrected chi connectivity index (χ4v) is 2.00. The van der Waals surface area contributed by atoms with E-state index in [-0.39, 0.29) is 23.8 Å². The first-order chi connectivity index (χ1) is 15.2. The number of carbonyl (C=O) groups is 1. The topological polar surface area (TPSA) is 133 Å². The van der Waals surface area contributed by atoms with Gasteiger partial charge in [0.2, 0.25) is 0 Å². The maximum absolute atomic E-state index is 11.6. The van der Waals surface area contributed by atoms with Crippen molar-refractivity contribution in [1.82, 2.24) is 5.32 Å². The maximum atomic E-state index is 11.6. The number of benzene rings is 1. The van der Waals surface area contributed by atoms with Crippen molar-refractivity contribution in [2.75, 3.05) is 18.9 Å². The summed E-state index contributed by atoms with van der Waals surface area (Å²) >= 11 is 0. The molecule has 176 valence electrons. The zero-order chi connectivity index (χ0) is 25.1. The van der Waals surface area contributed by atoms with Crippen LogP contribution in [-0.4, -0.2) is 35.5 Å². The third-order valence-corrected chi connectivity index (χ3v) is 3.20. The molecular weight excluding hydrogens is 408 g/mol. The van der Waals surface area contributed by atoms with Gasteiger partial charge in [-0.15, -0.1) is 12.8 Å². The number of nitrogens with two attached hydrogens (primary N) is 1. The summed E-state index contributed by atoms with van der Waals surface area (Å²) in [7, 11) is 1.50. The lowest BCUT2D eigenvalue weighted by Crippen LogP contribution is -2.23. The maximum Gasteiger partial charge on any atom is 0.254 e. The molecule has 0 unspecified atom stereocenters. The standard InChI is InChI=1S/C16H20N4O3.C4H10.C2H4O.C2H2/c1-10-6-7-11(23-10)8-20-14(17)9-19-13-5-3-4-12(15(13)21)16(22)18-2;1-4(2)3;1-2-3;1-2/h3-7,19,21H,8-9H2,1-2H3,(H2,17,20)(H,18,22);4H,1-3H3;2-3H,1H2;1-2H. The molecule has 0 saturated heterocycles. The van der Waals surface area contributed by atoms with Gasteiger partial charge in [-0.25, -0.2) is 0 Å². The summed E-state index contributed by atoms with van der Waals surface area (Å²) in [4.78, 5) is 15.8. The molecule has 8 nitrogen and oxygen atoms in total. The first kappa shape index (κ1) is 30.3. The minimum absolute atomic E-state index is 0.124. The van der Waals surface area contributed by atoms with Crippen LogP contribution in [0.5, 0.6) is 5.75 Å². The molecule has 2 aromatic rings. The van der Waals surface area contributed by atoms with Gasteiger partial charge in [0.1, 0.15) is 17.4 Å². The second-order valence-corrected chi connectivity index (χ2v) is 6.87. The highest BCUT2D eigenvalue weighted by Gasteiger charge is 2.12. The van der Waals surface area contributed by atoms with Gasteiger partial charge < -0.3 is 31.0 Å². The number of phenols is 1. The number of amides is 1. The molecular formula is C24H36N4O4. The predicted octanol–water partition coefficient (Wildman–Crippen LogP) is 4.22. The lowest BCUT2D eigenvalue weighted by molar-refractivity contribution is 0.0960. The first-order valence-corrected chi connectivity index (χ1v) is 9.86. The Morgan fingerprint density at radius 2 is 1.84 bits per heavy atom. The summed E-state index contributed by atoms with van der Waals surface area (Å²) in [6, 6.07) is 8.58. The molecule has 1 amide bonds. The molecule has 2 rings (SSSR count). The van der Waals surface area contributed by atoms with Gasteiger partial charge in [-0.05, 0) is 37.1 Å². The molecule has 0 aliphatic heterocycles. The van der Waals surface area contributed by atoms with Crippen molar-refractivity contribution in [2.24, 2.45) is 16.6 Å². The number of hydrogen-bond donors (Lipinski definition) is 5. The van der Waals surface area contributed by atoms with Crippen LogP contribution < -0.4 is 16.4 Å². The number of carbonyl (C=O) groups excluding carboxylic acids is 1. The number of phenolic OH excluding ortho intramolecular Hbond substituents is 1. The molecule has 32 heavy (non-hydrogen) atoms. The van der Waals surface area contributed by atoms with Gasteiger partial charge in [0.15, 0.2) is 5.75 Å². The van der Waals surface area contributed by atoms with E-state index in [2.05, 4.69) is 55.8 Å². The Bertz CT molecular complexity index is 852. The van der Waals surface area contributed by atoms with Crippen molar-refractivity contribution in [3.63, 3.8) is 0 Å². The van der Waals surface area contributed by atoms with Crippen LogP contribution in [0, 0.1) is 25.7 Å². The van der Waals surface area contributed by atoms with E-state index in [4.69, 9.17) is 15.3 Å². The van der Waals surface area contributed by atoms with E-state index in [0.29, 0.717) is 18.1 Å². The number of aliphatic imine (C=N–C) groups is 1. The molecule has 8 heteroatoms. The molecule has 0 radical (unpaired) electrons. The molecule has 0 aliphatic rings. The second-order valence-electron chi connectivity index (χ2n) is 6.87. The number of nitrogens with one attached hydrogen (secondary N) is 2. The quantitative estimate of drug-likeness (QED) is 0.149. The molecule has 0 spiro atoms. The number of anilines is 1. The normalized spacial score (nSPS) is 9.69. The van der Waals surface area contributed by atoms with Crippen LogP contribution in [0.15, 0.2) is 52.6 Å². The number of aliphatic hydroxyl groups is 1. The molecule has 1 aromatic carbocycles. The zero-order valence-electron chi connectivity index (χ0n) is 19.6. The van der Waals surface area contributed by atoms with Gasteiger partial charge in [-0.1, -0.05) is 33.4 Å². The van der Waals surface area contributed by atoms with E-state index >= 15 is 0 Å². The van der Waals surface area contributed by atoms with Gasteiger partial charge in [0.25, 0.3) is 5.91 Å². The predicted molar refractivity (Wildman–Crippen MR) is 132 cm³/mol. The van der Waals surface area contributed by atoms with Crippen molar-refractivity contribution in [3.8, 4) is 18.6 Å². The summed E-state index contributed by atoms with van der Waals surface area (Å²) in [5, 5.41) is 22.9. The minimum atomic E-state index is -0.360. The summed E-state index contributed by atoms with van der Waals surface area (Å²) in [6.07, 6.45) is 8.75. The number of amidine groups is 1. The molecule has 1 heterocycles. The van der Waals surface area contributed by atoms with Crippen molar-refractivity contribution >= 4 is 17.4 Å². The Kier molecular flexibility index (Phi) is 17.0. The van der Waals surface area contributed by atoms with Crippen molar-refractivity contribution < 1.29 is 19.4 Å². The fraction of sp³-hybridized carbons (Fsp3) is 0.333. The Balaban J connectivity index is 0. The van der Waals surface area contributed by atoms with E-state index in [1.165, 1.54) is 13.1 Å². The summed E-state index contributed by atoms with van der Waals surface area (Å²) in [5.74, 6) is 2.27. The van der Waals surface area contributed by atoms with Crippen LogP contribution >= 0.6 is 0 Å². The Labute approximate surface area is 191 Å². The lowest BCUT2D eigenvalue weighted by atomic mass is 10.1. The second kappa shape index (κ2) is 18.0. The minimum Gasteiger partial charge on any atom is -0.516 e. The molecule has 0 bridgehead atoms. The van der Waals surface area contributed by atoms with Crippen molar-refractivity contribution in [3.05, 3.63) is 60.3 Å². The first-order valence-electron chi connectivity index (χ1n) is 9.86. The Morgan fingerprint density at radius 3 is 2.31 bits per heavy atom. The molecule has 0 saturated carbocycles. The lowest BCUT2D eigenvalue weighted by Gasteiger charge is -2.11. The van der Waals surface area contributed by atoms with Crippen LogP contribution in [0.1, 0.15) is 42.6 Å². The number of rotatable bonds is 6. The van der Waals surface area contributed by atoms with Crippen molar-refractivity contribution in [1.29, 1.82) is 0 Å². The van der Waals surface area contributed by atoms with Crippen LogP contribution in [-0.2, 0) is 6.54 Å². The molecule has 6 N–H and O–H groups in total. The van der Waals surface area contributed by atoms with E-state index in [1.807, 2.05) is 19.1 Å². The summed E-state index contributed by atoms with van der Waals surface area (Å²) in [6.45, 7) is 11.9. The number of hydrogen-bond acceptors (Lipinski definition) is 6. The zero-order valence-corrected chi connectivity index (χ0v) is 19.6. The number of aromatic hydroxyl groups is 1. The number of terminal acetylenes is 1. The van der Waals surface area contributed by atoms with E-state index in [0.717, 1.165) is 23.7 Å². The van der Waals surface area contributed by atoms with Gasteiger partial charge in [-0.3, -0.25) is 9.79 Å². The van der Waals surface area contributed by atoms with Gasteiger partial charge in [0.05, 0.1) is 30.6 Å². The monoisotopic (exact) mass is 444 g/mol. The Morgan fingerprint density at radius 1 is 1.28 bits per heavy atom. The summed E-state index contributed by atoms with van der Waals surface area (Å²) in [5.41, 5.74) is 6.44. The highest BCUT2D eigenvalue weighted by Crippen LogP contribution is 2.27. The average Bonchev–Trinajstić information content (AvgIpc) is 3.17. The Hall–Kier alpha value is -3.86. The van der Waals surface area contributed by atoms with Crippen LogP contribution in [0.2, 0.25) is 0 Å². The number of nitrogens with zero attached hydrogens (tertiary/aromatic N) is 1. The average molecular weight is 445 g/mol. The van der Waals surface area contributed by atoms with Gasteiger partial charge >= 0.3 is 0 Å². The van der Waals surface area contributed by atoms with Crippen LogP contribution in [0.4, 0.5) is 5.69 Å². The van der Waals surface area contributed by atoms with Gasteiger partial charge in [-0.2, -0.15) is 0 Å². The highest BCUT2D eigenvalue weighted by molar-refractivity contribution is 5.98. The molecule has 1 aromatic heterocycles. The number of furan rings is 1. The SMILES string of the molecule is C#C.C=CO.CC(C)C.CNC(=O)c1cccc(NCC(N)=NCc2ccc(C)o2)c1O.